The van der Waals surface area contributed by atoms with Crippen molar-refractivity contribution < 1.29 is 28.8 Å². The molecule has 0 aromatic rings. The number of carbonyl (C=O) groups is 1. The maximum absolute atomic E-state index is 11.0. The van der Waals surface area contributed by atoms with Crippen LogP contribution in [0, 0.1) is 0 Å². The number of hydrogen-bond donors (Lipinski definition) is 2. The van der Waals surface area contributed by atoms with Gasteiger partial charge in [0.1, 0.15) is 12.2 Å². The highest BCUT2D eigenvalue weighted by molar-refractivity contribution is 5.66. The van der Waals surface area contributed by atoms with Gasteiger partial charge in [-0.1, -0.05) is 0 Å². The zero-order chi connectivity index (χ0) is 13.5. The van der Waals surface area contributed by atoms with E-state index in [1.165, 1.54) is 6.92 Å². The fraction of sp³-hybridized carbons (Fsp3) is 0.909. The van der Waals surface area contributed by atoms with E-state index in [9.17, 15) is 4.79 Å². The number of hydrogen-bond acceptors (Lipinski definition) is 7. The predicted molar refractivity (Wildman–Crippen MR) is 59.3 cm³/mol. The summed E-state index contributed by atoms with van der Waals surface area (Å²) in [6, 6.07) is -0.615. The van der Waals surface area contributed by atoms with Gasteiger partial charge in [0.05, 0.1) is 12.6 Å². The average Bonchev–Trinajstić information content (AvgIpc) is 2.72. The number of aliphatic hydroxyl groups is 1. The lowest BCUT2D eigenvalue weighted by atomic mass is 10.1. The molecule has 2 fully saturated rings. The summed E-state index contributed by atoms with van der Waals surface area (Å²) < 4.78 is 21.9. The summed E-state index contributed by atoms with van der Waals surface area (Å²) in [6.07, 6.45) is -2.39. The Morgan fingerprint density at radius 2 is 2.06 bits per heavy atom. The van der Waals surface area contributed by atoms with Crippen molar-refractivity contribution in [3.63, 3.8) is 0 Å². The molecule has 5 atom stereocenters. The van der Waals surface area contributed by atoms with Gasteiger partial charge in [0.25, 0.3) is 0 Å². The smallest absolute Gasteiger partial charge is 0.305 e. The Hall–Kier alpha value is -0.730. The monoisotopic (exact) mass is 261 g/mol. The van der Waals surface area contributed by atoms with Crippen molar-refractivity contribution >= 4 is 5.97 Å². The van der Waals surface area contributed by atoms with E-state index in [4.69, 9.17) is 29.8 Å². The highest BCUT2D eigenvalue weighted by Gasteiger charge is 2.57. The van der Waals surface area contributed by atoms with E-state index in [1.54, 1.807) is 13.8 Å². The molecule has 0 unspecified atom stereocenters. The SMILES string of the molecule is CC(=O)O[C@H]1O[C@H]([C@H](N)CO)[C@@H]2OC(C)(C)O[C@H]12. The lowest BCUT2D eigenvalue weighted by Gasteiger charge is -2.25. The zero-order valence-corrected chi connectivity index (χ0v) is 10.7. The minimum Gasteiger partial charge on any atom is -0.433 e. The Labute approximate surface area is 105 Å². The third kappa shape index (κ3) is 2.50. The number of esters is 1. The summed E-state index contributed by atoms with van der Waals surface area (Å²) >= 11 is 0. The molecule has 2 aliphatic heterocycles. The van der Waals surface area contributed by atoms with Crippen LogP contribution in [0.5, 0.6) is 0 Å². The summed E-state index contributed by atoms with van der Waals surface area (Å²) in [5.74, 6) is -1.25. The molecule has 0 aliphatic carbocycles. The van der Waals surface area contributed by atoms with Gasteiger partial charge in [-0.3, -0.25) is 4.79 Å². The third-order valence-electron chi connectivity index (χ3n) is 2.96. The third-order valence-corrected chi connectivity index (χ3v) is 2.96. The second-order valence-electron chi connectivity index (χ2n) is 4.99. The zero-order valence-electron chi connectivity index (χ0n) is 10.7. The van der Waals surface area contributed by atoms with Crippen molar-refractivity contribution in [1.29, 1.82) is 0 Å². The molecule has 3 N–H and O–H groups in total. The Morgan fingerprint density at radius 1 is 1.44 bits per heavy atom. The molecule has 0 saturated carbocycles. The molecule has 0 bridgehead atoms. The fourth-order valence-electron chi connectivity index (χ4n) is 2.30. The summed E-state index contributed by atoms with van der Waals surface area (Å²) in [5.41, 5.74) is 5.76. The van der Waals surface area contributed by atoms with Crippen LogP contribution in [-0.4, -0.2) is 54.1 Å². The number of nitrogens with two attached hydrogens (primary N) is 1. The molecule has 2 rings (SSSR count). The first-order valence-corrected chi connectivity index (χ1v) is 5.89. The summed E-state index contributed by atoms with van der Waals surface area (Å²) in [5, 5.41) is 9.10. The molecule has 7 heteroatoms. The normalized spacial score (nSPS) is 39.4. The summed E-state index contributed by atoms with van der Waals surface area (Å²) in [6.45, 7) is 4.57. The van der Waals surface area contributed by atoms with Gasteiger partial charge in [-0.15, -0.1) is 0 Å². The van der Waals surface area contributed by atoms with Crippen LogP contribution in [0.2, 0.25) is 0 Å². The van der Waals surface area contributed by atoms with Crippen molar-refractivity contribution in [3.8, 4) is 0 Å². The van der Waals surface area contributed by atoms with E-state index in [0.717, 1.165) is 0 Å². The molecular formula is C11H19NO6. The molecule has 18 heavy (non-hydrogen) atoms. The lowest BCUT2D eigenvalue weighted by Crippen LogP contribution is -2.45. The van der Waals surface area contributed by atoms with E-state index in [-0.39, 0.29) is 6.61 Å². The maximum Gasteiger partial charge on any atom is 0.305 e. The first kappa shape index (κ1) is 13.7. The summed E-state index contributed by atoms with van der Waals surface area (Å²) in [7, 11) is 0. The summed E-state index contributed by atoms with van der Waals surface area (Å²) in [4.78, 5) is 11.0. The molecule has 0 spiro atoms. The molecular weight excluding hydrogens is 242 g/mol. The number of fused-ring (bicyclic) bond motifs is 1. The topological polar surface area (TPSA) is 100 Å². The minimum atomic E-state index is -0.850. The van der Waals surface area contributed by atoms with E-state index < -0.39 is 42.4 Å². The van der Waals surface area contributed by atoms with Crippen LogP contribution >= 0.6 is 0 Å². The van der Waals surface area contributed by atoms with Crippen LogP contribution in [0.3, 0.4) is 0 Å². The highest BCUT2D eigenvalue weighted by atomic mass is 16.8. The molecule has 0 aromatic heterocycles. The van der Waals surface area contributed by atoms with Crippen LogP contribution in [-0.2, 0) is 23.7 Å². The molecule has 104 valence electrons. The number of ether oxygens (including phenoxy) is 4. The molecule has 0 amide bonds. The van der Waals surface area contributed by atoms with Crippen molar-refractivity contribution in [2.45, 2.75) is 57.2 Å². The fourth-order valence-corrected chi connectivity index (χ4v) is 2.30. The van der Waals surface area contributed by atoms with Crippen molar-refractivity contribution in [2.75, 3.05) is 6.61 Å². The first-order valence-electron chi connectivity index (χ1n) is 5.89. The van der Waals surface area contributed by atoms with E-state index >= 15 is 0 Å². The first-order chi connectivity index (χ1) is 8.34. The predicted octanol–water partition coefficient (Wildman–Crippen LogP) is -0.886. The standard InChI is InChI=1S/C11H19NO6/c1-5(14)15-10-9-8(17-11(2,3)18-9)7(16-10)6(12)4-13/h6-10,13H,4,12H2,1-3H3/t6-,7-,8+,9+,10+/m1/s1. The van der Waals surface area contributed by atoms with Crippen molar-refractivity contribution in [2.24, 2.45) is 5.73 Å². The number of rotatable bonds is 3. The Bertz CT molecular complexity index is 333. The van der Waals surface area contributed by atoms with Gasteiger partial charge in [-0.05, 0) is 13.8 Å². The van der Waals surface area contributed by atoms with Gasteiger partial charge in [0.15, 0.2) is 11.9 Å². The molecule has 2 saturated heterocycles. The van der Waals surface area contributed by atoms with Crippen LogP contribution in [0.15, 0.2) is 0 Å². The Morgan fingerprint density at radius 3 is 2.61 bits per heavy atom. The number of aliphatic hydroxyl groups excluding tert-OH is 1. The van der Waals surface area contributed by atoms with Crippen molar-refractivity contribution in [1.82, 2.24) is 0 Å². The van der Waals surface area contributed by atoms with E-state index in [2.05, 4.69) is 0 Å². The second-order valence-corrected chi connectivity index (χ2v) is 4.99. The van der Waals surface area contributed by atoms with Crippen molar-refractivity contribution in [3.05, 3.63) is 0 Å². The largest absolute Gasteiger partial charge is 0.433 e. The molecule has 0 aromatic carbocycles. The number of carbonyl (C=O) groups excluding carboxylic acids is 1. The minimum absolute atomic E-state index is 0.246. The van der Waals surface area contributed by atoms with Crippen LogP contribution in [0.4, 0.5) is 0 Å². The highest BCUT2D eigenvalue weighted by Crippen LogP contribution is 2.39. The van der Waals surface area contributed by atoms with Gasteiger partial charge in [-0.25, -0.2) is 0 Å². The second kappa shape index (κ2) is 4.75. The lowest BCUT2D eigenvalue weighted by molar-refractivity contribution is -0.233. The van der Waals surface area contributed by atoms with Gasteiger partial charge in [-0.2, -0.15) is 0 Å². The van der Waals surface area contributed by atoms with Gasteiger partial charge in [0, 0.05) is 6.92 Å². The Kier molecular flexibility index (Phi) is 3.61. The van der Waals surface area contributed by atoms with E-state index in [1.807, 2.05) is 0 Å². The van der Waals surface area contributed by atoms with Gasteiger partial charge in [0.2, 0.25) is 6.29 Å². The van der Waals surface area contributed by atoms with Gasteiger partial charge >= 0.3 is 5.97 Å². The van der Waals surface area contributed by atoms with Crippen LogP contribution in [0.25, 0.3) is 0 Å². The van der Waals surface area contributed by atoms with Gasteiger partial charge < -0.3 is 29.8 Å². The van der Waals surface area contributed by atoms with Crippen LogP contribution in [0.1, 0.15) is 20.8 Å². The average molecular weight is 261 g/mol. The molecule has 7 nitrogen and oxygen atoms in total. The molecule has 2 heterocycles. The quantitative estimate of drug-likeness (QED) is 0.636. The molecule has 0 radical (unpaired) electrons. The molecule has 2 aliphatic rings. The van der Waals surface area contributed by atoms with E-state index in [0.29, 0.717) is 0 Å². The Balaban J connectivity index is 2.15. The van der Waals surface area contributed by atoms with Crippen LogP contribution < -0.4 is 5.73 Å². The maximum atomic E-state index is 11.0.